The van der Waals surface area contributed by atoms with Gasteiger partial charge < -0.3 is 9.09 Å². The van der Waals surface area contributed by atoms with E-state index in [2.05, 4.69) is 51.3 Å². The fourth-order valence-corrected chi connectivity index (χ4v) is 4.20. The molecule has 3 aromatic heterocycles. The van der Waals surface area contributed by atoms with E-state index in [0.717, 1.165) is 27.3 Å². The van der Waals surface area contributed by atoms with E-state index < -0.39 is 0 Å². The highest BCUT2D eigenvalue weighted by Crippen LogP contribution is 2.40. The highest BCUT2D eigenvalue weighted by atomic mass is 32.1. The van der Waals surface area contributed by atoms with Gasteiger partial charge in [0.1, 0.15) is 4.88 Å². The Kier molecular flexibility index (Phi) is 4.14. The predicted octanol–water partition coefficient (Wildman–Crippen LogP) is 6.23. The van der Waals surface area contributed by atoms with Crippen LogP contribution in [0, 0.1) is 6.92 Å². The van der Waals surface area contributed by atoms with Gasteiger partial charge in [0.15, 0.2) is 0 Å². The van der Waals surface area contributed by atoms with Crippen LogP contribution >= 0.6 is 11.3 Å². The highest BCUT2D eigenvalue weighted by molar-refractivity contribution is 7.14. The Morgan fingerprint density at radius 3 is 2.36 bits per heavy atom. The van der Waals surface area contributed by atoms with Crippen LogP contribution in [0.15, 0.2) is 89.0 Å². The van der Waals surface area contributed by atoms with Crippen LogP contribution in [0.3, 0.4) is 0 Å². The monoisotopic (exact) mass is 383 g/mol. The third-order valence-corrected chi connectivity index (χ3v) is 5.60. The first-order valence-corrected chi connectivity index (χ1v) is 9.89. The molecule has 28 heavy (non-hydrogen) atoms. The molecule has 4 nitrogen and oxygen atoms in total. The molecule has 0 saturated carbocycles. The van der Waals surface area contributed by atoms with Gasteiger partial charge in [-0.25, -0.2) is 0 Å². The maximum Gasteiger partial charge on any atom is 0.270 e. The van der Waals surface area contributed by atoms with Gasteiger partial charge in [0.25, 0.3) is 5.89 Å². The van der Waals surface area contributed by atoms with E-state index in [9.17, 15) is 0 Å². The summed E-state index contributed by atoms with van der Waals surface area (Å²) >= 11 is 1.62. The van der Waals surface area contributed by atoms with Gasteiger partial charge in [-0.2, -0.15) is 4.98 Å². The molecular formula is C23H17N3OS. The summed E-state index contributed by atoms with van der Waals surface area (Å²) in [6.45, 7) is 2.06. The van der Waals surface area contributed by atoms with Crippen molar-refractivity contribution in [2.75, 3.05) is 0 Å². The lowest BCUT2D eigenvalue weighted by Crippen LogP contribution is -1.93. The molecular weight excluding hydrogens is 366 g/mol. The third-order valence-electron chi connectivity index (χ3n) is 4.64. The van der Waals surface area contributed by atoms with Crippen LogP contribution in [0.1, 0.15) is 5.56 Å². The van der Waals surface area contributed by atoms with E-state index in [1.165, 1.54) is 5.56 Å². The quantitative estimate of drug-likeness (QED) is 0.369. The summed E-state index contributed by atoms with van der Waals surface area (Å²) in [5, 5.41) is 6.36. The Morgan fingerprint density at radius 2 is 1.61 bits per heavy atom. The van der Waals surface area contributed by atoms with Crippen molar-refractivity contribution >= 4 is 11.3 Å². The molecule has 0 unspecified atom stereocenters. The zero-order valence-corrected chi connectivity index (χ0v) is 16.1. The lowest BCUT2D eigenvalue weighted by molar-refractivity contribution is 0.433. The molecule has 0 fully saturated rings. The molecule has 0 saturated heterocycles. The standard InChI is InChI=1S/C23H17N3OS/c1-16-9-11-18(12-10-16)22-24-23(27-25-22)21-20(26-13-5-6-14-26)19(15-28-21)17-7-3-2-4-8-17/h2-15H,1H3. The molecule has 5 heteroatoms. The van der Waals surface area contributed by atoms with Crippen LogP contribution in [-0.4, -0.2) is 14.7 Å². The van der Waals surface area contributed by atoms with Gasteiger partial charge in [0.2, 0.25) is 5.82 Å². The van der Waals surface area contributed by atoms with Gasteiger partial charge in [-0.1, -0.05) is 65.3 Å². The van der Waals surface area contributed by atoms with Crippen molar-refractivity contribution in [1.29, 1.82) is 0 Å². The SMILES string of the molecule is Cc1ccc(-c2noc(-c3scc(-c4ccccc4)c3-n3cccc3)n2)cc1. The molecule has 0 N–H and O–H groups in total. The molecule has 0 aliphatic heterocycles. The smallest absolute Gasteiger partial charge is 0.270 e. The molecule has 0 radical (unpaired) electrons. The summed E-state index contributed by atoms with van der Waals surface area (Å²) in [5.74, 6) is 1.13. The first-order chi connectivity index (χ1) is 13.8. The maximum atomic E-state index is 5.66. The van der Waals surface area contributed by atoms with Crippen molar-refractivity contribution in [3.05, 3.63) is 90.1 Å². The second-order valence-electron chi connectivity index (χ2n) is 6.57. The fraction of sp³-hybridized carbons (Fsp3) is 0.0435. The summed E-state index contributed by atoms with van der Waals surface area (Å²) in [5.41, 5.74) is 5.51. The minimum Gasteiger partial charge on any atom is -0.333 e. The molecule has 136 valence electrons. The van der Waals surface area contributed by atoms with Crippen molar-refractivity contribution in [3.63, 3.8) is 0 Å². The predicted molar refractivity (Wildman–Crippen MR) is 113 cm³/mol. The normalized spacial score (nSPS) is 11.0. The molecule has 2 aromatic carbocycles. The van der Waals surface area contributed by atoms with E-state index in [1.807, 2.05) is 54.9 Å². The second kappa shape index (κ2) is 6.94. The number of nitrogens with zero attached hydrogens (tertiary/aromatic N) is 3. The molecule has 0 aliphatic carbocycles. The van der Waals surface area contributed by atoms with Crippen LogP contribution in [0.4, 0.5) is 0 Å². The first kappa shape index (κ1) is 16.7. The van der Waals surface area contributed by atoms with Gasteiger partial charge in [0.05, 0.1) is 5.69 Å². The summed E-state index contributed by atoms with van der Waals surface area (Å²) < 4.78 is 7.76. The minimum atomic E-state index is 0.534. The minimum absolute atomic E-state index is 0.534. The molecule has 0 bridgehead atoms. The van der Waals surface area contributed by atoms with E-state index in [4.69, 9.17) is 4.52 Å². The number of hydrogen-bond acceptors (Lipinski definition) is 4. The van der Waals surface area contributed by atoms with Crippen LogP contribution in [0.2, 0.25) is 0 Å². The number of aryl methyl sites for hydroxylation is 1. The van der Waals surface area contributed by atoms with Gasteiger partial charge in [-0.15, -0.1) is 11.3 Å². The average Bonchev–Trinajstić information content (AvgIpc) is 3.48. The number of aromatic nitrogens is 3. The van der Waals surface area contributed by atoms with Crippen LogP contribution in [-0.2, 0) is 0 Å². The largest absolute Gasteiger partial charge is 0.333 e. The number of hydrogen-bond donors (Lipinski definition) is 0. The van der Waals surface area contributed by atoms with Crippen molar-refractivity contribution < 1.29 is 4.52 Å². The van der Waals surface area contributed by atoms with Gasteiger partial charge in [0, 0.05) is 28.9 Å². The third kappa shape index (κ3) is 2.96. The second-order valence-corrected chi connectivity index (χ2v) is 7.45. The zero-order chi connectivity index (χ0) is 18.9. The Bertz CT molecular complexity index is 1200. The van der Waals surface area contributed by atoms with E-state index in [1.54, 1.807) is 11.3 Å². The van der Waals surface area contributed by atoms with Crippen molar-refractivity contribution in [1.82, 2.24) is 14.7 Å². The van der Waals surface area contributed by atoms with Gasteiger partial charge in [-0.3, -0.25) is 0 Å². The highest BCUT2D eigenvalue weighted by Gasteiger charge is 2.21. The Labute approximate surface area is 166 Å². The summed E-state index contributed by atoms with van der Waals surface area (Å²) in [4.78, 5) is 5.64. The molecule has 5 rings (SSSR count). The van der Waals surface area contributed by atoms with E-state index in [0.29, 0.717) is 11.7 Å². The number of benzene rings is 2. The molecule has 5 aromatic rings. The Balaban J connectivity index is 1.63. The molecule has 0 atom stereocenters. The van der Waals surface area contributed by atoms with Gasteiger partial charge >= 0.3 is 0 Å². The van der Waals surface area contributed by atoms with Crippen molar-refractivity contribution in [3.8, 4) is 39.0 Å². The van der Waals surface area contributed by atoms with Crippen LogP contribution < -0.4 is 0 Å². The average molecular weight is 383 g/mol. The zero-order valence-electron chi connectivity index (χ0n) is 15.2. The first-order valence-electron chi connectivity index (χ1n) is 9.01. The molecule has 3 heterocycles. The molecule has 0 spiro atoms. The van der Waals surface area contributed by atoms with Crippen molar-refractivity contribution in [2.24, 2.45) is 0 Å². The molecule has 0 amide bonds. The topological polar surface area (TPSA) is 43.9 Å². The van der Waals surface area contributed by atoms with Crippen LogP contribution in [0.25, 0.3) is 39.0 Å². The summed E-state index contributed by atoms with van der Waals surface area (Å²) in [6.07, 6.45) is 4.07. The lowest BCUT2D eigenvalue weighted by atomic mass is 10.1. The Morgan fingerprint density at radius 1 is 0.857 bits per heavy atom. The van der Waals surface area contributed by atoms with Gasteiger partial charge in [-0.05, 0) is 24.6 Å². The van der Waals surface area contributed by atoms with Crippen LogP contribution in [0.5, 0.6) is 0 Å². The van der Waals surface area contributed by atoms with Crippen molar-refractivity contribution in [2.45, 2.75) is 6.92 Å². The number of rotatable bonds is 4. The number of thiophene rings is 1. The molecule has 0 aliphatic rings. The van der Waals surface area contributed by atoms with E-state index in [-0.39, 0.29) is 0 Å². The fourth-order valence-electron chi connectivity index (χ4n) is 3.20. The Hall–Kier alpha value is -3.44. The summed E-state index contributed by atoms with van der Waals surface area (Å²) in [7, 11) is 0. The lowest BCUT2D eigenvalue weighted by Gasteiger charge is -2.07. The van der Waals surface area contributed by atoms with E-state index >= 15 is 0 Å². The maximum absolute atomic E-state index is 5.66. The summed E-state index contributed by atoms with van der Waals surface area (Å²) in [6, 6.07) is 22.5.